The molecule has 0 saturated carbocycles. The van der Waals surface area contributed by atoms with Gasteiger partial charge in [0.05, 0.1) is 4.47 Å². The topological polar surface area (TPSA) is 109 Å². The summed E-state index contributed by atoms with van der Waals surface area (Å²) in [7, 11) is 0. The quantitative estimate of drug-likeness (QED) is 0.239. The monoisotopic (exact) mass is 618 g/mol. The van der Waals surface area contributed by atoms with Gasteiger partial charge >= 0.3 is 0 Å². The van der Waals surface area contributed by atoms with Gasteiger partial charge in [0.1, 0.15) is 5.75 Å². The van der Waals surface area contributed by atoms with E-state index in [0.29, 0.717) is 27.0 Å². The van der Waals surface area contributed by atoms with E-state index >= 15 is 0 Å². The average molecular weight is 620 g/mol. The number of carbonyl (C=O) groups is 3. The molecule has 35 heavy (non-hydrogen) atoms. The molecule has 180 valence electrons. The molecule has 0 aliphatic carbocycles. The van der Waals surface area contributed by atoms with Crippen LogP contribution < -0.4 is 26.2 Å². The summed E-state index contributed by atoms with van der Waals surface area (Å²) >= 11 is 11.7. The summed E-state index contributed by atoms with van der Waals surface area (Å²) < 4.78 is 6.99. The molecule has 3 aromatic rings. The number of anilines is 1. The third-order valence-electron chi connectivity index (χ3n) is 4.59. The van der Waals surface area contributed by atoms with Crippen LogP contribution in [0.2, 0.25) is 0 Å². The molecule has 8 nitrogen and oxygen atoms in total. The van der Waals surface area contributed by atoms with E-state index < -0.39 is 11.8 Å². The van der Waals surface area contributed by atoms with Gasteiger partial charge in [0, 0.05) is 21.3 Å². The summed E-state index contributed by atoms with van der Waals surface area (Å²) in [5.74, 6) is -0.720. The fraction of sp³-hybridized carbons (Fsp3) is 0.0833. The molecule has 3 aromatic carbocycles. The number of nitrogens with one attached hydrogen (secondary N) is 4. The second kappa shape index (κ2) is 12.4. The lowest BCUT2D eigenvalue weighted by atomic mass is 10.1. The molecule has 0 atom stereocenters. The Labute approximate surface area is 224 Å². The Kier molecular flexibility index (Phi) is 9.35. The Hall–Kier alpha value is -3.28. The maximum absolute atomic E-state index is 12.4. The highest BCUT2D eigenvalue weighted by atomic mass is 79.9. The van der Waals surface area contributed by atoms with E-state index in [1.54, 1.807) is 54.6 Å². The van der Waals surface area contributed by atoms with Crippen LogP contribution in [0.3, 0.4) is 0 Å². The van der Waals surface area contributed by atoms with Gasteiger partial charge in [0.2, 0.25) is 0 Å². The Morgan fingerprint density at radius 3 is 2.31 bits per heavy atom. The van der Waals surface area contributed by atoms with Gasteiger partial charge in [-0.1, -0.05) is 34.1 Å². The summed E-state index contributed by atoms with van der Waals surface area (Å²) in [6.07, 6.45) is 0. The van der Waals surface area contributed by atoms with Crippen molar-refractivity contribution in [2.45, 2.75) is 6.92 Å². The number of benzene rings is 3. The van der Waals surface area contributed by atoms with Crippen molar-refractivity contribution in [3.63, 3.8) is 0 Å². The fourth-order valence-corrected chi connectivity index (χ4v) is 4.17. The van der Waals surface area contributed by atoms with E-state index in [9.17, 15) is 14.4 Å². The molecule has 0 aliphatic rings. The van der Waals surface area contributed by atoms with Gasteiger partial charge in [-0.15, -0.1) is 0 Å². The first-order valence-corrected chi connectivity index (χ1v) is 12.2. The second-order valence-electron chi connectivity index (χ2n) is 7.17. The first kappa shape index (κ1) is 26.3. The van der Waals surface area contributed by atoms with Crippen LogP contribution in [0.5, 0.6) is 5.75 Å². The van der Waals surface area contributed by atoms with E-state index in [1.807, 2.05) is 19.1 Å². The van der Waals surface area contributed by atoms with Crippen LogP contribution in [0.4, 0.5) is 5.69 Å². The molecule has 0 aliphatic heterocycles. The molecule has 0 bridgehead atoms. The van der Waals surface area contributed by atoms with Crippen LogP contribution >= 0.6 is 44.1 Å². The van der Waals surface area contributed by atoms with Crippen molar-refractivity contribution in [2.75, 3.05) is 11.9 Å². The van der Waals surface area contributed by atoms with Gasteiger partial charge in [-0.25, -0.2) is 0 Å². The van der Waals surface area contributed by atoms with Crippen molar-refractivity contribution in [3.8, 4) is 5.75 Å². The highest BCUT2D eigenvalue weighted by molar-refractivity contribution is 9.11. The predicted molar refractivity (Wildman–Crippen MR) is 144 cm³/mol. The Bertz CT molecular complexity index is 1270. The van der Waals surface area contributed by atoms with Crippen LogP contribution in [0.15, 0.2) is 75.7 Å². The lowest BCUT2D eigenvalue weighted by molar-refractivity contribution is -0.121. The third-order valence-corrected chi connectivity index (χ3v) is 5.91. The minimum Gasteiger partial charge on any atom is -0.483 e. The number of rotatable bonds is 6. The van der Waals surface area contributed by atoms with Crippen LogP contribution in [0.1, 0.15) is 26.3 Å². The summed E-state index contributed by atoms with van der Waals surface area (Å²) in [6.45, 7) is 1.59. The number of carbonyl (C=O) groups excluding carboxylic acids is 3. The minimum atomic E-state index is -0.500. The van der Waals surface area contributed by atoms with Crippen molar-refractivity contribution >= 4 is 72.6 Å². The number of ether oxygens (including phenoxy) is 1. The number of amides is 3. The molecule has 0 spiro atoms. The molecule has 3 amide bonds. The van der Waals surface area contributed by atoms with Gasteiger partial charge in [-0.3, -0.25) is 30.6 Å². The number of halogens is 2. The molecule has 0 aromatic heterocycles. The summed E-state index contributed by atoms with van der Waals surface area (Å²) in [4.78, 5) is 36.8. The summed E-state index contributed by atoms with van der Waals surface area (Å²) in [5.41, 5.74) is 7.17. The maximum Gasteiger partial charge on any atom is 0.269 e. The fourth-order valence-electron chi connectivity index (χ4n) is 2.85. The Morgan fingerprint density at radius 1 is 0.914 bits per heavy atom. The van der Waals surface area contributed by atoms with E-state index in [4.69, 9.17) is 17.0 Å². The molecule has 0 radical (unpaired) electrons. The predicted octanol–water partition coefficient (Wildman–Crippen LogP) is 4.49. The molecule has 0 saturated heterocycles. The van der Waals surface area contributed by atoms with E-state index in [2.05, 4.69) is 53.3 Å². The lowest BCUT2D eigenvalue weighted by Gasteiger charge is -2.12. The summed E-state index contributed by atoms with van der Waals surface area (Å²) in [6, 6.07) is 18.9. The molecular weight excluding hydrogens is 600 g/mol. The van der Waals surface area contributed by atoms with Crippen molar-refractivity contribution in [1.29, 1.82) is 0 Å². The van der Waals surface area contributed by atoms with Crippen LogP contribution in [-0.2, 0) is 4.79 Å². The van der Waals surface area contributed by atoms with Gasteiger partial charge < -0.3 is 10.1 Å². The first-order chi connectivity index (χ1) is 16.7. The Morgan fingerprint density at radius 2 is 1.63 bits per heavy atom. The van der Waals surface area contributed by atoms with Gasteiger partial charge in [0.25, 0.3) is 17.7 Å². The number of aryl methyl sites for hydroxylation is 1. The van der Waals surface area contributed by atoms with Gasteiger partial charge in [0.15, 0.2) is 11.7 Å². The largest absolute Gasteiger partial charge is 0.483 e. The highest BCUT2D eigenvalue weighted by Gasteiger charge is 2.11. The molecule has 11 heteroatoms. The zero-order chi connectivity index (χ0) is 25.4. The molecule has 3 rings (SSSR count). The Balaban J connectivity index is 1.44. The number of hydrazine groups is 1. The highest BCUT2D eigenvalue weighted by Crippen LogP contribution is 2.28. The zero-order valence-electron chi connectivity index (χ0n) is 18.4. The molecular formula is C24H20Br2N4O4S. The average Bonchev–Trinajstić information content (AvgIpc) is 2.82. The molecule has 0 unspecified atom stereocenters. The number of hydrogen-bond donors (Lipinski definition) is 4. The lowest BCUT2D eigenvalue weighted by Crippen LogP contribution is -2.49. The van der Waals surface area contributed by atoms with Crippen molar-refractivity contribution in [1.82, 2.24) is 16.2 Å². The van der Waals surface area contributed by atoms with Gasteiger partial charge in [-0.2, -0.15) is 0 Å². The normalized spacial score (nSPS) is 10.1. The third kappa shape index (κ3) is 7.88. The molecule has 0 heterocycles. The maximum atomic E-state index is 12.4. The van der Waals surface area contributed by atoms with Crippen molar-refractivity contribution < 1.29 is 19.1 Å². The van der Waals surface area contributed by atoms with Gasteiger partial charge in [-0.05, 0) is 89.2 Å². The summed E-state index contributed by atoms with van der Waals surface area (Å²) in [5, 5.41) is 5.11. The van der Waals surface area contributed by atoms with Crippen LogP contribution in [-0.4, -0.2) is 29.4 Å². The standard InChI is InChI=1S/C24H20Br2N4O4S/c1-14-4-2-3-5-18(14)23(33)27-17-9-6-15(7-10-17)22(32)29-30-24(35)28-21(31)13-34-20-11-8-16(25)12-19(20)26/h2-12H,13H2,1H3,(H,27,33)(H,29,32)(H2,28,30,31,35). The van der Waals surface area contributed by atoms with Crippen molar-refractivity contribution in [3.05, 3.63) is 92.4 Å². The molecule has 0 fully saturated rings. The number of hydrogen-bond acceptors (Lipinski definition) is 5. The smallest absolute Gasteiger partial charge is 0.269 e. The second-order valence-corrected chi connectivity index (χ2v) is 9.34. The number of thiocarbonyl (C=S) groups is 1. The van der Waals surface area contributed by atoms with Crippen molar-refractivity contribution in [2.24, 2.45) is 0 Å². The SMILES string of the molecule is Cc1ccccc1C(=O)Nc1ccc(C(=O)NNC(=S)NC(=O)COc2ccc(Br)cc2Br)cc1. The van der Waals surface area contributed by atoms with Crippen LogP contribution in [0, 0.1) is 6.92 Å². The zero-order valence-corrected chi connectivity index (χ0v) is 22.3. The van der Waals surface area contributed by atoms with E-state index in [-0.39, 0.29) is 17.6 Å². The van der Waals surface area contributed by atoms with E-state index in [0.717, 1.165) is 10.0 Å². The minimum absolute atomic E-state index is 0.0936. The van der Waals surface area contributed by atoms with Crippen LogP contribution in [0.25, 0.3) is 0 Å². The van der Waals surface area contributed by atoms with E-state index in [1.165, 1.54) is 0 Å². The first-order valence-electron chi connectivity index (χ1n) is 10.2. The molecule has 4 N–H and O–H groups in total.